The molecule has 114 valence electrons. The Morgan fingerprint density at radius 2 is 2.14 bits per heavy atom. The Balaban J connectivity index is 2.96. The maximum absolute atomic E-state index is 11.8. The van der Waals surface area contributed by atoms with Crippen LogP contribution in [0.15, 0.2) is 39.2 Å². The van der Waals surface area contributed by atoms with Gasteiger partial charge in [0.15, 0.2) is 11.4 Å². The van der Waals surface area contributed by atoms with E-state index in [-0.39, 0.29) is 24.6 Å². The molecule has 1 rings (SSSR count). The van der Waals surface area contributed by atoms with Gasteiger partial charge in [0.1, 0.15) is 0 Å². The molecule has 0 aliphatic heterocycles. The molecule has 8 heteroatoms. The molecular weight excluding hydrogens is 294 g/mol. The molecule has 1 aromatic heterocycles. The van der Waals surface area contributed by atoms with E-state index in [2.05, 4.69) is 10.2 Å². The van der Waals surface area contributed by atoms with Crippen LogP contribution in [0.25, 0.3) is 0 Å². The number of aliphatic hydroxyl groups is 1. The first-order valence-electron chi connectivity index (χ1n) is 6.23. The van der Waals surface area contributed by atoms with Gasteiger partial charge in [-0.2, -0.15) is 5.10 Å². The molecule has 7 nitrogen and oxygen atoms in total. The highest BCUT2D eigenvalue weighted by molar-refractivity contribution is 7.11. The van der Waals surface area contributed by atoms with Gasteiger partial charge in [-0.05, 0) is 25.3 Å². The number of carbonyl (C=O) groups excluding carboxylic acids is 1. The van der Waals surface area contributed by atoms with Crippen molar-refractivity contribution in [2.75, 3.05) is 13.2 Å². The highest BCUT2D eigenvalue weighted by atomic mass is 32.1. The van der Waals surface area contributed by atoms with Crippen LogP contribution in [0.3, 0.4) is 0 Å². The van der Waals surface area contributed by atoms with Crippen molar-refractivity contribution in [3.05, 3.63) is 33.9 Å². The van der Waals surface area contributed by atoms with Crippen LogP contribution >= 0.6 is 11.3 Å². The maximum atomic E-state index is 11.8. The van der Waals surface area contributed by atoms with E-state index in [1.165, 1.54) is 17.6 Å². The molecule has 0 aromatic carbocycles. The summed E-state index contributed by atoms with van der Waals surface area (Å²) >= 11 is 1.47. The monoisotopic (exact) mass is 311 g/mol. The number of ether oxygens (including phenoxy) is 2. The van der Waals surface area contributed by atoms with Gasteiger partial charge in [0, 0.05) is 4.88 Å². The zero-order valence-electron chi connectivity index (χ0n) is 11.8. The van der Waals surface area contributed by atoms with Crippen LogP contribution in [0.5, 0.6) is 0 Å². The first kappa shape index (κ1) is 16.7. The Kier molecular flexibility index (Phi) is 6.96. The molecule has 0 fully saturated rings. The molecule has 1 heterocycles. The van der Waals surface area contributed by atoms with E-state index < -0.39 is 11.9 Å². The number of nitrogens with two attached hydrogens (primary N) is 1. The molecular formula is C13H17N3O4S. The molecule has 0 aliphatic rings. The van der Waals surface area contributed by atoms with E-state index in [0.717, 1.165) is 4.88 Å². The second kappa shape index (κ2) is 8.75. The number of esters is 1. The fourth-order valence-corrected chi connectivity index (χ4v) is 1.86. The van der Waals surface area contributed by atoms with Crippen LogP contribution in [-0.2, 0) is 14.3 Å². The minimum atomic E-state index is -0.823. The summed E-state index contributed by atoms with van der Waals surface area (Å²) < 4.78 is 9.67. The lowest BCUT2D eigenvalue weighted by molar-refractivity contribution is -0.138. The summed E-state index contributed by atoms with van der Waals surface area (Å²) in [4.78, 5) is 12.6. The standard InChI is InChI=1S/C13H17N3O4S/c1-3-19-12(17)10(13(18)20-4-2)11(14)16-15-8-9-6-5-7-21-9/h5-8,17H,3-4H2,1-2H3,(H2,14,16)/b12-10+,15-8+. The van der Waals surface area contributed by atoms with Crippen LogP contribution in [0, 0.1) is 0 Å². The van der Waals surface area contributed by atoms with Gasteiger partial charge in [-0.1, -0.05) is 6.07 Å². The Morgan fingerprint density at radius 1 is 1.43 bits per heavy atom. The van der Waals surface area contributed by atoms with E-state index >= 15 is 0 Å². The van der Waals surface area contributed by atoms with Gasteiger partial charge in [0.2, 0.25) is 0 Å². The summed E-state index contributed by atoms with van der Waals surface area (Å²) in [5.41, 5.74) is 5.32. The molecule has 0 spiro atoms. The number of amidine groups is 1. The number of hydrogen-bond acceptors (Lipinski definition) is 7. The van der Waals surface area contributed by atoms with Gasteiger partial charge in [0.05, 0.1) is 19.4 Å². The molecule has 21 heavy (non-hydrogen) atoms. The van der Waals surface area contributed by atoms with Crippen LogP contribution in [-0.4, -0.2) is 36.3 Å². The van der Waals surface area contributed by atoms with Crippen molar-refractivity contribution in [2.45, 2.75) is 13.8 Å². The van der Waals surface area contributed by atoms with Crippen molar-refractivity contribution in [2.24, 2.45) is 15.9 Å². The van der Waals surface area contributed by atoms with Crippen molar-refractivity contribution in [1.29, 1.82) is 0 Å². The molecule has 1 aromatic rings. The maximum Gasteiger partial charge on any atom is 0.349 e. The zero-order valence-corrected chi connectivity index (χ0v) is 12.6. The molecule has 0 radical (unpaired) electrons. The molecule has 0 saturated carbocycles. The third-order valence-electron chi connectivity index (χ3n) is 2.12. The smallest absolute Gasteiger partial charge is 0.349 e. The summed E-state index contributed by atoms with van der Waals surface area (Å²) in [7, 11) is 0. The number of rotatable bonds is 7. The molecule has 0 saturated heterocycles. The van der Waals surface area contributed by atoms with E-state index in [9.17, 15) is 9.90 Å². The fourth-order valence-electron chi connectivity index (χ4n) is 1.28. The average molecular weight is 311 g/mol. The summed E-state index contributed by atoms with van der Waals surface area (Å²) in [6, 6.07) is 3.71. The van der Waals surface area contributed by atoms with Gasteiger partial charge in [0.25, 0.3) is 5.95 Å². The van der Waals surface area contributed by atoms with Gasteiger partial charge >= 0.3 is 5.97 Å². The molecule has 0 unspecified atom stereocenters. The Hall–Kier alpha value is -2.35. The van der Waals surface area contributed by atoms with Crippen LogP contribution in [0.4, 0.5) is 0 Å². The number of aliphatic hydroxyl groups excluding tert-OH is 1. The van der Waals surface area contributed by atoms with Crippen molar-refractivity contribution in [3.8, 4) is 0 Å². The van der Waals surface area contributed by atoms with E-state index in [0.29, 0.717) is 0 Å². The van der Waals surface area contributed by atoms with Crippen LogP contribution < -0.4 is 5.73 Å². The van der Waals surface area contributed by atoms with Crippen molar-refractivity contribution in [3.63, 3.8) is 0 Å². The van der Waals surface area contributed by atoms with Crippen molar-refractivity contribution < 1.29 is 19.4 Å². The molecule has 0 atom stereocenters. The molecule has 0 bridgehead atoms. The first-order valence-corrected chi connectivity index (χ1v) is 7.11. The van der Waals surface area contributed by atoms with E-state index in [4.69, 9.17) is 15.2 Å². The summed E-state index contributed by atoms with van der Waals surface area (Å²) in [5.74, 6) is -1.74. The highest BCUT2D eigenvalue weighted by Gasteiger charge is 2.22. The first-order chi connectivity index (χ1) is 10.1. The lowest BCUT2D eigenvalue weighted by Gasteiger charge is -2.08. The van der Waals surface area contributed by atoms with Gasteiger partial charge < -0.3 is 20.3 Å². The topological polar surface area (TPSA) is 107 Å². The predicted octanol–water partition coefficient (Wildman–Crippen LogP) is 1.81. The number of hydrogen-bond donors (Lipinski definition) is 2. The third kappa shape index (κ3) is 5.27. The SMILES string of the molecule is CCOC(=O)C(/C(N)=N\N=C\c1cccs1)=C(\O)OCC. The lowest BCUT2D eigenvalue weighted by Crippen LogP contribution is -2.25. The van der Waals surface area contributed by atoms with Crippen LogP contribution in [0.1, 0.15) is 18.7 Å². The fraction of sp³-hybridized carbons (Fsp3) is 0.308. The summed E-state index contributed by atoms with van der Waals surface area (Å²) in [6.45, 7) is 3.59. The van der Waals surface area contributed by atoms with Crippen LogP contribution in [0.2, 0.25) is 0 Å². The Labute approximate surface area is 126 Å². The van der Waals surface area contributed by atoms with Crippen molar-refractivity contribution in [1.82, 2.24) is 0 Å². The quantitative estimate of drug-likeness (QED) is 0.199. The minimum absolute atomic E-state index is 0.132. The largest absolute Gasteiger partial charge is 0.480 e. The van der Waals surface area contributed by atoms with E-state index in [1.807, 2.05) is 17.5 Å². The number of nitrogens with zero attached hydrogens (tertiary/aromatic N) is 2. The predicted molar refractivity (Wildman–Crippen MR) is 81.4 cm³/mol. The van der Waals surface area contributed by atoms with Gasteiger partial charge in [-0.15, -0.1) is 16.4 Å². The second-order valence-electron chi connectivity index (χ2n) is 3.58. The highest BCUT2D eigenvalue weighted by Crippen LogP contribution is 2.08. The molecule has 0 amide bonds. The Morgan fingerprint density at radius 3 is 2.71 bits per heavy atom. The number of thiophene rings is 1. The lowest BCUT2D eigenvalue weighted by atomic mass is 10.2. The second-order valence-corrected chi connectivity index (χ2v) is 4.56. The minimum Gasteiger partial charge on any atom is -0.480 e. The zero-order chi connectivity index (χ0) is 15.7. The summed E-state index contributed by atoms with van der Waals surface area (Å²) in [5, 5.41) is 19.0. The van der Waals surface area contributed by atoms with E-state index in [1.54, 1.807) is 13.8 Å². The van der Waals surface area contributed by atoms with Crippen molar-refractivity contribution >= 4 is 29.4 Å². The molecule has 0 aliphatic carbocycles. The number of carbonyl (C=O) groups is 1. The Bertz CT molecular complexity index is 550. The normalized spacial score (nSPS) is 13.1. The molecule has 3 N–H and O–H groups in total. The summed E-state index contributed by atoms with van der Waals surface area (Å²) in [6.07, 6.45) is 1.48. The third-order valence-corrected chi connectivity index (χ3v) is 2.93. The van der Waals surface area contributed by atoms with Gasteiger partial charge in [-0.3, -0.25) is 0 Å². The van der Waals surface area contributed by atoms with Gasteiger partial charge in [-0.25, -0.2) is 4.79 Å². The average Bonchev–Trinajstić information content (AvgIpc) is 2.92.